The van der Waals surface area contributed by atoms with E-state index < -0.39 is 0 Å². The van der Waals surface area contributed by atoms with Crippen LogP contribution in [-0.2, 0) is 0 Å². The first-order valence-electron chi connectivity index (χ1n) is 24.3. The summed E-state index contributed by atoms with van der Waals surface area (Å²) >= 11 is 0. The number of nitrogens with zero attached hydrogens (tertiary/aromatic N) is 4. The van der Waals surface area contributed by atoms with Crippen molar-refractivity contribution in [3.8, 4) is 33.6 Å². The third-order valence-corrected chi connectivity index (χ3v) is 15.8. The largest absolute Gasteiger partial charge is 0.309 e. The van der Waals surface area contributed by atoms with E-state index in [1.807, 2.05) is 0 Å². The lowest BCUT2D eigenvalue weighted by Gasteiger charge is -2.10. The molecular weight excluding hydrogens is 849 g/mol. The monoisotopic (exact) mass is 886 g/mol. The average molecular weight is 887 g/mol. The van der Waals surface area contributed by atoms with Crippen molar-refractivity contribution in [2.24, 2.45) is 0 Å². The number of para-hydroxylation sites is 8. The van der Waals surface area contributed by atoms with E-state index in [2.05, 4.69) is 248 Å². The standard InChI is InChI=1S/C66H38N4/c1-3-15-41(16-4-1)67-55-29-9-7-19-45(55)53-37-39(31-33-57(53)67)43-21-11-23-47-49-25-13-27-51-61-59(69(63(43)47)65(49)51)35-36-60-62(61)52-28-14-26-50-48-24-12-22-44(64(48)70(60)66(50)52)40-32-34-58-54(38-40)46-20-8-10-30-56(46)68(58)42-17-5-2-6-18-42/h1-38H. The smallest absolute Gasteiger partial charge is 0.0621 e. The molecule has 6 heterocycles. The summed E-state index contributed by atoms with van der Waals surface area (Å²) in [6.45, 7) is 0. The molecule has 0 fully saturated rings. The van der Waals surface area contributed by atoms with Gasteiger partial charge in [-0.3, -0.25) is 0 Å². The second kappa shape index (κ2) is 13.2. The van der Waals surface area contributed by atoms with E-state index in [-0.39, 0.29) is 0 Å². The fraction of sp³-hybridized carbons (Fsp3) is 0. The van der Waals surface area contributed by atoms with E-state index in [1.165, 1.54) is 153 Å². The van der Waals surface area contributed by atoms with Gasteiger partial charge in [0.05, 0.1) is 55.2 Å². The Kier molecular flexibility index (Phi) is 6.92. The molecule has 0 unspecified atom stereocenters. The van der Waals surface area contributed by atoms with E-state index in [9.17, 15) is 0 Å². The molecule has 0 saturated heterocycles. The predicted octanol–water partition coefficient (Wildman–Crippen LogP) is 17.5. The molecule has 0 amide bonds. The lowest BCUT2D eigenvalue weighted by Crippen LogP contribution is -1.93. The molecule has 0 aliphatic rings. The van der Waals surface area contributed by atoms with Crippen LogP contribution in [0.3, 0.4) is 0 Å². The highest BCUT2D eigenvalue weighted by Crippen LogP contribution is 2.50. The van der Waals surface area contributed by atoms with Gasteiger partial charge in [0.15, 0.2) is 0 Å². The van der Waals surface area contributed by atoms with Crippen molar-refractivity contribution in [3.05, 3.63) is 231 Å². The van der Waals surface area contributed by atoms with Gasteiger partial charge in [0.1, 0.15) is 0 Å². The van der Waals surface area contributed by atoms with Gasteiger partial charge in [-0.2, -0.15) is 0 Å². The third-order valence-electron chi connectivity index (χ3n) is 15.8. The zero-order valence-corrected chi connectivity index (χ0v) is 37.7. The molecule has 0 bridgehead atoms. The number of benzene rings is 11. The number of aromatic nitrogens is 4. The van der Waals surface area contributed by atoms with E-state index in [1.54, 1.807) is 0 Å². The minimum absolute atomic E-state index is 1.17. The number of hydrogen-bond donors (Lipinski definition) is 0. The molecule has 0 radical (unpaired) electrons. The summed E-state index contributed by atoms with van der Waals surface area (Å²) in [4.78, 5) is 0. The molecule has 0 atom stereocenters. The Labute approximate surface area is 400 Å². The van der Waals surface area contributed by atoms with Gasteiger partial charge in [0.25, 0.3) is 0 Å². The molecular formula is C66H38N4. The third kappa shape index (κ3) is 4.51. The lowest BCUT2D eigenvalue weighted by atomic mass is 9.98. The van der Waals surface area contributed by atoms with E-state index >= 15 is 0 Å². The highest BCUT2D eigenvalue weighted by molar-refractivity contribution is 6.36. The average Bonchev–Trinajstić information content (AvgIpc) is 4.27. The highest BCUT2D eigenvalue weighted by Gasteiger charge is 2.26. The van der Waals surface area contributed by atoms with Crippen LogP contribution in [0.4, 0.5) is 0 Å². The minimum atomic E-state index is 1.17. The summed E-state index contributed by atoms with van der Waals surface area (Å²) in [5, 5.41) is 15.4. The molecule has 0 aliphatic heterocycles. The summed E-state index contributed by atoms with van der Waals surface area (Å²) in [5.41, 5.74) is 19.6. The Hall–Kier alpha value is -9.38. The minimum Gasteiger partial charge on any atom is -0.309 e. The SMILES string of the molecule is c1ccc(-n2c3ccccc3c3cc(-c4cccc5c6cccc7c8c9c%10cccc%11c%12cccc(-c%13ccc%14c(c%13)c%13ccccc%13n%14-c%13ccccc%13)c%12n(c9ccc8n(c45)c67)c%11%10)ccc32)cc1. The van der Waals surface area contributed by atoms with Gasteiger partial charge >= 0.3 is 0 Å². The summed E-state index contributed by atoms with van der Waals surface area (Å²) in [6, 6.07) is 85.7. The van der Waals surface area contributed by atoms with E-state index in [0.29, 0.717) is 0 Å². The van der Waals surface area contributed by atoms with Crippen LogP contribution >= 0.6 is 0 Å². The Morgan fingerprint density at radius 1 is 0.214 bits per heavy atom. The topological polar surface area (TPSA) is 18.7 Å². The molecule has 0 N–H and O–H groups in total. The second-order valence-electron chi connectivity index (χ2n) is 19.2. The van der Waals surface area contributed by atoms with Crippen molar-refractivity contribution in [3.63, 3.8) is 0 Å². The van der Waals surface area contributed by atoms with E-state index in [4.69, 9.17) is 0 Å². The quantitative estimate of drug-likeness (QED) is 0.168. The van der Waals surface area contributed by atoms with Gasteiger partial charge in [0.2, 0.25) is 0 Å². The Bertz CT molecular complexity index is 4720. The van der Waals surface area contributed by atoms with Crippen LogP contribution in [0.1, 0.15) is 0 Å². The van der Waals surface area contributed by atoms with Gasteiger partial charge < -0.3 is 17.9 Å². The van der Waals surface area contributed by atoms with Gasteiger partial charge in [-0.1, -0.05) is 158 Å². The van der Waals surface area contributed by atoms with Crippen LogP contribution in [0.25, 0.3) is 153 Å². The number of rotatable bonds is 4. The first-order valence-corrected chi connectivity index (χ1v) is 24.3. The first kappa shape index (κ1) is 36.7. The predicted molar refractivity (Wildman–Crippen MR) is 295 cm³/mol. The van der Waals surface area contributed by atoms with Gasteiger partial charge in [-0.05, 0) is 83.9 Å². The second-order valence-corrected chi connectivity index (χ2v) is 19.2. The highest BCUT2D eigenvalue weighted by atomic mass is 15.0. The summed E-state index contributed by atoms with van der Waals surface area (Å²) in [6.07, 6.45) is 0. The molecule has 6 aromatic heterocycles. The van der Waals surface area contributed by atoms with Crippen molar-refractivity contribution < 1.29 is 0 Å². The van der Waals surface area contributed by atoms with Gasteiger partial charge in [-0.15, -0.1) is 0 Å². The van der Waals surface area contributed by atoms with Crippen molar-refractivity contribution in [1.29, 1.82) is 0 Å². The molecule has 322 valence electrons. The van der Waals surface area contributed by atoms with Crippen LogP contribution in [0.5, 0.6) is 0 Å². The molecule has 11 aromatic carbocycles. The summed E-state index contributed by atoms with van der Waals surface area (Å²) in [7, 11) is 0. The molecule has 17 rings (SSSR count). The zero-order valence-electron chi connectivity index (χ0n) is 37.7. The van der Waals surface area contributed by atoms with Crippen molar-refractivity contribution in [2.45, 2.75) is 0 Å². The molecule has 70 heavy (non-hydrogen) atoms. The van der Waals surface area contributed by atoms with Crippen LogP contribution in [0.15, 0.2) is 231 Å². The van der Waals surface area contributed by atoms with Crippen molar-refractivity contribution in [1.82, 2.24) is 17.9 Å². The molecule has 4 nitrogen and oxygen atoms in total. The number of fused-ring (bicyclic) bond motifs is 19. The fourth-order valence-electron chi connectivity index (χ4n) is 13.1. The normalized spacial score (nSPS) is 12.6. The fourth-order valence-corrected chi connectivity index (χ4v) is 13.1. The number of hydrogen-bond acceptors (Lipinski definition) is 0. The molecule has 0 saturated carbocycles. The Balaban J connectivity index is 0.930. The summed E-state index contributed by atoms with van der Waals surface area (Å²) in [5.74, 6) is 0. The molecule has 0 spiro atoms. The Morgan fingerprint density at radius 3 is 1.01 bits per heavy atom. The maximum Gasteiger partial charge on any atom is 0.0621 e. The lowest BCUT2D eigenvalue weighted by molar-refractivity contribution is 1.18. The maximum absolute atomic E-state index is 2.58. The molecule has 17 aromatic rings. The first-order chi connectivity index (χ1) is 34.8. The Morgan fingerprint density at radius 2 is 0.557 bits per heavy atom. The molecule has 0 aliphatic carbocycles. The van der Waals surface area contributed by atoms with Crippen molar-refractivity contribution >= 4 is 120 Å². The summed E-state index contributed by atoms with van der Waals surface area (Å²) < 4.78 is 9.97. The maximum atomic E-state index is 2.58. The van der Waals surface area contributed by atoms with Crippen LogP contribution in [0.2, 0.25) is 0 Å². The van der Waals surface area contributed by atoms with E-state index in [0.717, 1.165) is 0 Å². The van der Waals surface area contributed by atoms with Crippen LogP contribution in [0, 0.1) is 0 Å². The van der Waals surface area contributed by atoms with Crippen LogP contribution in [-0.4, -0.2) is 17.9 Å². The molecule has 4 heteroatoms. The van der Waals surface area contributed by atoms with Gasteiger partial charge in [-0.25, -0.2) is 0 Å². The van der Waals surface area contributed by atoms with Crippen molar-refractivity contribution in [2.75, 3.05) is 0 Å². The van der Waals surface area contributed by atoms with Gasteiger partial charge in [0, 0.05) is 87.1 Å². The zero-order chi connectivity index (χ0) is 45.3. The van der Waals surface area contributed by atoms with Crippen LogP contribution < -0.4 is 0 Å².